The van der Waals surface area contributed by atoms with Crippen LogP contribution in [0.25, 0.3) is 0 Å². The Labute approximate surface area is 98.5 Å². The van der Waals surface area contributed by atoms with E-state index in [1.165, 1.54) is 0 Å². The monoisotopic (exact) mass is 240 g/mol. The summed E-state index contributed by atoms with van der Waals surface area (Å²) in [5.41, 5.74) is 11.1. The molecule has 0 bridgehead atoms. The van der Waals surface area contributed by atoms with Crippen molar-refractivity contribution in [3.05, 3.63) is 28.8 Å². The number of carbonyl (C=O) groups excluding carboxylic acids is 1. The quantitative estimate of drug-likeness (QED) is 0.836. The molecule has 1 aliphatic rings. The topological polar surface area (TPSA) is 78.3 Å². The summed E-state index contributed by atoms with van der Waals surface area (Å²) >= 11 is 5.89. The molecule has 4 nitrogen and oxygen atoms in total. The van der Waals surface area contributed by atoms with E-state index in [0.29, 0.717) is 16.3 Å². The fourth-order valence-corrected chi connectivity index (χ4v) is 1.93. The maximum atomic E-state index is 10.9. The van der Waals surface area contributed by atoms with Crippen molar-refractivity contribution >= 4 is 17.5 Å². The molecule has 86 valence electrons. The van der Waals surface area contributed by atoms with Gasteiger partial charge in [0.15, 0.2) is 0 Å². The molecule has 0 spiro atoms. The van der Waals surface area contributed by atoms with Crippen LogP contribution in [0.4, 0.5) is 0 Å². The Morgan fingerprint density at radius 3 is 2.62 bits per heavy atom. The van der Waals surface area contributed by atoms with Gasteiger partial charge in [0.05, 0.1) is 10.6 Å². The second-order valence-corrected chi connectivity index (χ2v) is 4.38. The van der Waals surface area contributed by atoms with Crippen LogP contribution in [0.3, 0.4) is 0 Å². The number of rotatable bonds is 3. The molecule has 0 radical (unpaired) electrons. The van der Waals surface area contributed by atoms with Crippen LogP contribution in [0.2, 0.25) is 5.02 Å². The van der Waals surface area contributed by atoms with E-state index in [2.05, 4.69) is 0 Å². The van der Waals surface area contributed by atoms with E-state index in [0.717, 1.165) is 12.8 Å². The molecule has 1 amide bonds. The van der Waals surface area contributed by atoms with Crippen molar-refractivity contribution in [1.82, 2.24) is 0 Å². The predicted octanol–water partition coefficient (Wildman–Crippen LogP) is 1.31. The molecule has 1 saturated carbocycles. The molecule has 0 saturated heterocycles. The smallest absolute Gasteiger partial charge is 0.250 e. The van der Waals surface area contributed by atoms with Gasteiger partial charge < -0.3 is 16.2 Å². The summed E-state index contributed by atoms with van der Waals surface area (Å²) in [5.74, 6) is 0.106. The zero-order valence-electron chi connectivity index (χ0n) is 8.65. The maximum Gasteiger partial charge on any atom is 0.250 e. The zero-order valence-corrected chi connectivity index (χ0v) is 9.41. The fourth-order valence-electron chi connectivity index (χ4n) is 1.66. The van der Waals surface area contributed by atoms with Crippen molar-refractivity contribution in [3.63, 3.8) is 0 Å². The largest absolute Gasteiger partial charge is 0.490 e. The molecule has 1 aliphatic carbocycles. The summed E-state index contributed by atoms with van der Waals surface area (Å²) in [6.45, 7) is 0. The molecule has 1 aromatic carbocycles. The van der Waals surface area contributed by atoms with Crippen LogP contribution in [0.1, 0.15) is 23.2 Å². The number of benzene rings is 1. The van der Waals surface area contributed by atoms with Gasteiger partial charge in [0.25, 0.3) is 0 Å². The van der Waals surface area contributed by atoms with Gasteiger partial charge in [-0.25, -0.2) is 0 Å². The summed E-state index contributed by atoms with van der Waals surface area (Å²) in [5, 5.41) is 0.314. The van der Waals surface area contributed by atoms with Crippen molar-refractivity contribution in [2.75, 3.05) is 0 Å². The molecule has 0 aromatic heterocycles. The van der Waals surface area contributed by atoms with Crippen LogP contribution < -0.4 is 16.2 Å². The molecule has 16 heavy (non-hydrogen) atoms. The molecule has 1 fully saturated rings. The SMILES string of the molecule is NC(=O)c1ccc(OC2CC(N)C2)cc1Cl. The van der Waals surface area contributed by atoms with Gasteiger partial charge in [-0.3, -0.25) is 4.79 Å². The average Bonchev–Trinajstić information content (AvgIpc) is 2.15. The summed E-state index contributed by atoms with van der Waals surface area (Å²) in [7, 11) is 0. The van der Waals surface area contributed by atoms with E-state index >= 15 is 0 Å². The minimum absolute atomic E-state index is 0.158. The van der Waals surface area contributed by atoms with Gasteiger partial charge >= 0.3 is 0 Å². The van der Waals surface area contributed by atoms with E-state index < -0.39 is 5.91 Å². The molecule has 1 aromatic rings. The lowest BCUT2D eigenvalue weighted by atomic mass is 9.90. The Morgan fingerprint density at radius 1 is 1.44 bits per heavy atom. The molecule has 0 unspecified atom stereocenters. The molecular weight excluding hydrogens is 228 g/mol. The number of nitrogens with two attached hydrogens (primary N) is 2. The summed E-state index contributed by atoms with van der Waals surface area (Å²) < 4.78 is 5.62. The van der Waals surface area contributed by atoms with Crippen molar-refractivity contribution in [3.8, 4) is 5.75 Å². The molecular formula is C11H13ClN2O2. The lowest BCUT2D eigenvalue weighted by molar-refractivity contribution is 0.0996. The third-order valence-corrected chi connectivity index (χ3v) is 2.95. The van der Waals surface area contributed by atoms with Crippen LogP contribution in [0, 0.1) is 0 Å². The third-order valence-electron chi connectivity index (χ3n) is 2.64. The number of hydrogen-bond donors (Lipinski definition) is 2. The highest BCUT2D eigenvalue weighted by molar-refractivity contribution is 6.33. The molecule has 4 N–H and O–H groups in total. The van der Waals surface area contributed by atoms with Gasteiger partial charge in [-0.1, -0.05) is 11.6 Å². The number of ether oxygens (including phenoxy) is 1. The van der Waals surface area contributed by atoms with E-state index in [1.807, 2.05) is 0 Å². The van der Waals surface area contributed by atoms with E-state index in [1.54, 1.807) is 18.2 Å². The Balaban J connectivity index is 2.06. The fraction of sp³-hybridized carbons (Fsp3) is 0.364. The summed E-state index contributed by atoms with van der Waals surface area (Å²) in [4.78, 5) is 10.9. The molecule has 0 heterocycles. The van der Waals surface area contributed by atoms with Gasteiger partial charge in [0, 0.05) is 6.04 Å². The minimum Gasteiger partial charge on any atom is -0.490 e. The average molecular weight is 241 g/mol. The van der Waals surface area contributed by atoms with Gasteiger partial charge in [0.1, 0.15) is 11.9 Å². The van der Waals surface area contributed by atoms with Gasteiger partial charge in [0.2, 0.25) is 5.91 Å². The van der Waals surface area contributed by atoms with Crippen molar-refractivity contribution < 1.29 is 9.53 Å². The zero-order chi connectivity index (χ0) is 11.7. The van der Waals surface area contributed by atoms with Crippen LogP contribution in [0.15, 0.2) is 18.2 Å². The lowest BCUT2D eigenvalue weighted by Gasteiger charge is -2.32. The number of halogens is 1. The van der Waals surface area contributed by atoms with Crippen molar-refractivity contribution in [2.24, 2.45) is 11.5 Å². The maximum absolute atomic E-state index is 10.9. The number of carbonyl (C=O) groups is 1. The molecule has 0 aliphatic heterocycles. The third kappa shape index (κ3) is 2.28. The van der Waals surface area contributed by atoms with E-state index in [4.69, 9.17) is 27.8 Å². The van der Waals surface area contributed by atoms with Gasteiger partial charge in [-0.15, -0.1) is 0 Å². The first-order valence-corrected chi connectivity index (χ1v) is 5.45. The highest BCUT2D eigenvalue weighted by atomic mass is 35.5. The van der Waals surface area contributed by atoms with Crippen LogP contribution in [-0.2, 0) is 0 Å². The highest BCUT2D eigenvalue weighted by Gasteiger charge is 2.27. The Bertz CT molecular complexity index is 416. The van der Waals surface area contributed by atoms with Crippen molar-refractivity contribution in [1.29, 1.82) is 0 Å². The Kier molecular flexibility index (Phi) is 3.03. The molecule has 2 rings (SSSR count). The number of hydrogen-bond acceptors (Lipinski definition) is 3. The minimum atomic E-state index is -0.540. The molecule has 0 atom stereocenters. The second kappa shape index (κ2) is 4.31. The number of primary amides is 1. The normalized spacial score (nSPS) is 23.6. The van der Waals surface area contributed by atoms with Gasteiger partial charge in [-0.2, -0.15) is 0 Å². The second-order valence-electron chi connectivity index (χ2n) is 3.98. The first-order valence-electron chi connectivity index (χ1n) is 5.08. The first-order chi connectivity index (χ1) is 7.56. The number of amides is 1. The molecule has 5 heteroatoms. The highest BCUT2D eigenvalue weighted by Crippen LogP contribution is 2.27. The van der Waals surface area contributed by atoms with Crippen molar-refractivity contribution in [2.45, 2.75) is 25.0 Å². The predicted molar refractivity (Wildman–Crippen MR) is 61.6 cm³/mol. The Morgan fingerprint density at radius 2 is 2.12 bits per heavy atom. The van der Waals surface area contributed by atoms with Gasteiger partial charge in [-0.05, 0) is 31.0 Å². The van der Waals surface area contributed by atoms with Crippen LogP contribution in [0.5, 0.6) is 5.75 Å². The van der Waals surface area contributed by atoms with Crippen LogP contribution in [-0.4, -0.2) is 18.1 Å². The summed E-state index contributed by atoms with van der Waals surface area (Å²) in [6.07, 6.45) is 1.87. The summed E-state index contributed by atoms with van der Waals surface area (Å²) in [6, 6.07) is 5.10. The Hall–Kier alpha value is -1.26. The van der Waals surface area contributed by atoms with E-state index in [9.17, 15) is 4.79 Å². The van der Waals surface area contributed by atoms with Crippen LogP contribution >= 0.6 is 11.6 Å². The van der Waals surface area contributed by atoms with E-state index in [-0.39, 0.29) is 12.1 Å². The standard InChI is InChI=1S/C11H13ClN2O2/c12-10-5-7(1-2-9(10)11(14)15)16-8-3-6(13)4-8/h1-2,5-6,8H,3-4,13H2,(H2,14,15). The first kappa shape index (κ1) is 11.2. The lowest BCUT2D eigenvalue weighted by Crippen LogP contribution is -2.43.